The maximum Gasteiger partial charge on any atom is 0.251 e. The van der Waals surface area contributed by atoms with Gasteiger partial charge in [0.1, 0.15) is 5.52 Å². The number of nitrogens with zero attached hydrogens (tertiary/aromatic N) is 1. The van der Waals surface area contributed by atoms with Crippen LogP contribution in [0.5, 0.6) is 0 Å². The summed E-state index contributed by atoms with van der Waals surface area (Å²) in [5.41, 5.74) is 3.17. The molecule has 4 nitrogen and oxygen atoms in total. The van der Waals surface area contributed by atoms with Gasteiger partial charge in [0.25, 0.3) is 5.91 Å². The number of benzene rings is 2. The summed E-state index contributed by atoms with van der Waals surface area (Å²) >= 11 is 0. The number of amides is 1. The molecule has 0 atom stereocenters. The number of fused-ring (bicyclic) bond motifs is 1. The number of hydrogen-bond acceptors (Lipinski definition) is 3. The summed E-state index contributed by atoms with van der Waals surface area (Å²) in [5.74, 6) is -0.0979. The molecule has 4 heteroatoms. The maximum absolute atomic E-state index is 12.0. The van der Waals surface area contributed by atoms with Crippen molar-refractivity contribution in [2.75, 3.05) is 6.54 Å². The van der Waals surface area contributed by atoms with Gasteiger partial charge >= 0.3 is 0 Å². The third-order valence-corrected chi connectivity index (χ3v) is 3.14. The van der Waals surface area contributed by atoms with E-state index in [1.54, 1.807) is 18.2 Å². The molecule has 3 rings (SSSR count). The van der Waals surface area contributed by atoms with Gasteiger partial charge in [-0.1, -0.05) is 30.3 Å². The predicted molar refractivity (Wildman–Crippen MR) is 76.5 cm³/mol. The number of oxazole rings is 1. The molecule has 0 saturated heterocycles. The van der Waals surface area contributed by atoms with E-state index in [1.807, 2.05) is 30.3 Å². The Morgan fingerprint density at radius 3 is 2.85 bits per heavy atom. The molecule has 0 saturated carbocycles. The van der Waals surface area contributed by atoms with Crippen molar-refractivity contribution in [1.82, 2.24) is 10.3 Å². The normalized spacial score (nSPS) is 10.6. The lowest BCUT2D eigenvalue weighted by Crippen LogP contribution is -2.25. The van der Waals surface area contributed by atoms with Crippen molar-refractivity contribution < 1.29 is 9.21 Å². The summed E-state index contributed by atoms with van der Waals surface area (Å²) in [6, 6.07) is 15.3. The zero-order valence-corrected chi connectivity index (χ0v) is 10.9. The van der Waals surface area contributed by atoms with Gasteiger partial charge in [0.2, 0.25) is 0 Å². The van der Waals surface area contributed by atoms with E-state index in [0.717, 1.165) is 11.9 Å². The van der Waals surface area contributed by atoms with E-state index < -0.39 is 0 Å². The van der Waals surface area contributed by atoms with Crippen LogP contribution in [0.2, 0.25) is 0 Å². The Kier molecular flexibility index (Phi) is 3.46. The van der Waals surface area contributed by atoms with Crippen molar-refractivity contribution >= 4 is 17.0 Å². The second kappa shape index (κ2) is 5.57. The van der Waals surface area contributed by atoms with Gasteiger partial charge in [0.05, 0.1) is 0 Å². The smallest absolute Gasteiger partial charge is 0.251 e. The molecular formula is C16H14N2O2. The zero-order chi connectivity index (χ0) is 13.8. The van der Waals surface area contributed by atoms with E-state index >= 15 is 0 Å². The van der Waals surface area contributed by atoms with E-state index in [2.05, 4.69) is 10.3 Å². The third kappa shape index (κ3) is 2.69. The second-order valence-corrected chi connectivity index (χ2v) is 4.53. The van der Waals surface area contributed by atoms with Crippen molar-refractivity contribution in [3.05, 3.63) is 66.1 Å². The Labute approximate surface area is 116 Å². The average molecular weight is 266 g/mol. The Morgan fingerprint density at radius 1 is 1.15 bits per heavy atom. The highest BCUT2D eigenvalue weighted by atomic mass is 16.3. The molecule has 100 valence electrons. The Balaban J connectivity index is 1.61. The van der Waals surface area contributed by atoms with Crippen LogP contribution in [0, 0.1) is 0 Å². The first-order valence-corrected chi connectivity index (χ1v) is 6.48. The van der Waals surface area contributed by atoms with E-state index in [9.17, 15) is 4.79 Å². The van der Waals surface area contributed by atoms with Gasteiger partial charge < -0.3 is 9.73 Å². The first kappa shape index (κ1) is 12.4. The lowest BCUT2D eigenvalue weighted by molar-refractivity contribution is 0.0954. The van der Waals surface area contributed by atoms with Crippen molar-refractivity contribution in [2.45, 2.75) is 6.42 Å². The van der Waals surface area contributed by atoms with Gasteiger partial charge in [-0.2, -0.15) is 0 Å². The largest absolute Gasteiger partial charge is 0.443 e. The van der Waals surface area contributed by atoms with Crippen molar-refractivity contribution in [2.24, 2.45) is 0 Å². The number of carbonyl (C=O) groups excluding carboxylic acids is 1. The summed E-state index contributed by atoms with van der Waals surface area (Å²) in [4.78, 5) is 16.0. The molecule has 1 N–H and O–H groups in total. The molecule has 0 unspecified atom stereocenters. The second-order valence-electron chi connectivity index (χ2n) is 4.53. The van der Waals surface area contributed by atoms with Gasteiger partial charge in [-0.25, -0.2) is 4.98 Å². The standard InChI is InChI=1S/C16H14N2O2/c19-16(17-9-8-12-4-2-1-3-5-12)13-6-7-14-15(10-13)20-11-18-14/h1-7,10-11H,8-9H2,(H,17,19). The number of carbonyl (C=O) groups is 1. The average Bonchev–Trinajstić information content (AvgIpc) is 2.95. The molecular weight excluding hydrogens is 252 g/mol. The van der Waals surface area contributed by atoms with Crippen LogP contribution in [0.1, 0.15) is 15.9 Å². The fourth-order valence-electron chi connectivity index (χ4n) is 2.06. The summed E-state index contributed by atoms with van der Waals surface area (Å²) in [7, 11) is 0. The van der Waals surface area contributed by atoms with Crippen LogP contribution >= 0.6 is 0 Å². The van der Waals surface area contributed by atoms with Gasteiger partial charge in [-0.3, -0.25) is 4.79 Å². The van der Waals surface area contributed by atoms with Gasteiger partial charge in [0, 0.05) is 12.1 Å². The molecule has 1 heterocycles. The van der Waals surface area contributed by atoms with Crippen LogP contribution in [-0.4, -0.2) is 17.4 Å². The number of nitrogens with one attached hydrogen (secondary N) is 1. The molecule has 20 heavy (non-hydrogen) atoms. The number of hydrogen-bond donors (Lipinski definition) is 1. The number of rotatable bonds is 4. The van der Waals surface area contributed by atoms with E-state index in [4.69, 9.17) is 4.42 Å². The minimum Gasteiger partial charge on any atom is -0.443 e. The molecule has 0 bridgehead atoms. The van der Waals surface area contributed by atoms with Gasteiger partial charge in [-0.05, 0) is 30.2 Å². The Hall–Kier alpha value is -2.62. The highest BCUT2D eigenvalue weighted by Gasteiger charge is 2.07. The van der Waals surface area contributed by atoms with Crippen LogP contribution in [0.3, 0.4) is 0 Å². The Bertz CT molecular complexity index is 719. The van der Waals surface area contributed by atoms with Crippen LogP contribution in [0.15, 0.2) is 59.3 Å². The maximum atomic E-state index is 12.0. The van der Waals surface area contributed by atoms with E-state index in [1.165, 1.54) is 12.0 Å². The minimum absolute atomic E-state index is 0.0979. The fraction of sp³-hybridized carbons (Fsp3) is 0.125. The first-order valence-electron chi connectivity index (χ1n) is 6.48. The van der Waals surface area contributed by atoms with Crippen molar-refractivity contribution in [1.29, 1.82) is 0 Å². The highest BCUT2D eigenvalue weighted by molar-refractivity contribution is 5.96. The molecule has 2 aromatic carbocycles. The van der Waals surface area contributed by atoms with Gasteiger partial charge in [0.15, 0.2) is 12.0 Å². The Morgan fingerprint density at radius 2 is 2.00 bits per heavy atom. The fourth-order valence-corrected chi connectivity index (χ4v) is 2.06. The zero-order valence-electron chi connectivity index (χ0n) is 10.9. The molecule has 3 aromatic rings. The van der Waals surface area contributed by atoms with Crippen LogP contribution < -0.4 is 5.32 Å². The molecule has 0 radical (unpaired) electrons. The number of aromatic nitrogens is 1. The lowest BCUT2D eigenvalue weighted by Gasteiger charge is -2.05. The molecule has 0 aliphatic heterocycles. The molecule has 1 aromatic heterocycles. The quantitative estimate of drug-likeness (QED) is 0.790. The minimum atomic E-state index is -0.0979. The molecule has 1 amide bonds. The topological polar surface area (TPSA) is 55.1 Å². The monoisotopic (exact) mass is 266 g/mol. The van der Waals surface area contributed by atoms with Crippen molar-refractivity contribution in [3.8, 4) is 0 Å². The van der Waals surface area contributed by atoms with E-state index in [-0.39, 0.29) is 5.91 Å². The highest BCUT2D eigenvalue weighted by Crippen LogP contribution is 2.14. The van der Waals surface area contributed by atoms with Crippen LogP contribution in [0.4, 0.5) is 0 Å². The van der Waals surface area contributed by atoms with Crippen LogP contribution in [-0.2, 0) is 6.42 Å². The molecule has 0 aliphatic rings. The molecule has 0 aliphatic carbocycles. The van der Waals surface area contributed by atoms with Gasteiger partial charge in [-0.15, -0.1) is 0 Å². The summed E-state index contributed by atoms with van der Waals surface area (Å²) < 4.78 is 5.19. The summed E-state index contributed by atoms with van der Waals surface area (Å²) in [6.45, 7) is 0.608. The predicted octanol–water partition coefficient (Wildman–Crippen LogP) is 2.80. The SMILES string of the molecule is O=C(NCCc1ccccc1)c1ccc2ncoc2c1. The summed E-state index contributed by atoms with van der Waals surface area (Å²) in [5, 5.41) is 2.90. The summed E-state index contributed by atoms with van der Waals surface area (Å²) in [6.07, 6.45) is 2.19. The first-order chi connectivity index (χ1) is 9.83. The lowest BCUT2D eigenvalue weighted by atomic mass is 10.1. The van der Waals surface area contributed by atoms with Crippen LogP contribution in [0.25, 0.3) is 11.1 Å². The van der Waals surface area contributed by atoms with Crippen molar-refractivity contribution in [3.63, 3.8) is 0 Å². The molecule has 0 spiro atoms. The molecule has 0 fully saturated rings. The van der Waals surface area contributed by atoms with E-state index in [0.29, 0.717) is 17.7 Å². The third-order valence-electron chi connectivity index (χ3n) is 3.14.